The molecule has 0 aliphatic heterocycles. The third-order valence-electron chi connectivity index (χ3n) is 3.62. The standard InChI is InChI=1S/C18H24N4O4S/c1-25-10-8-22(9-11-26-2)16(23)12-15-13-27-18(20-15)21-17(24)19-14-6-4-3-5-7-14/h3-7,13H,8-12H2,1-2H3,(H2,19,20,21,24). The minimum absolute atomic E-state index is 0.0605. The van der Waals surface area contributed by atoms with Crippen molar-refractivity contribution in [3.8, 4) is 0 Å². The number of urea groups is 1. The number of carbonyl (C=O) groups excluding carboxylic acids is 2. The quantitative estimate of drug-likeness (QED) is 0.648. The zero-order valence-corrected chi connectivity index (χ0v) is 16.3. The number of aromatic nitrogens is 1. The van der Waals surface area contributed by atoms with Gasteiger partial charge < -0.3 is 19.7 Å². The molecule has 146 valence electrons. The first-order valence-corrected chi connectivity index (χ1v) is 9.33. The van der Waals surface area contributed by atoms with Crippen LogP contribution in [0, 0.1) is 0 Å². The van der Waals surface area contributed by atoms with Crippen molar-refractivity contribution in [3.63, 3.8) is 0 Å². The number of anilines is 2. The molecule has 2 aromatic rings. The molecule has 2 rings (SSSR count). The van der Waals surface area contributed by atoms with Crippen LogP contribution in [0.4, 0.5) is 15.6 Å². The van der Waals surface area contributed by atoms with E-state index in [0.29, 0.717) is 42.8 Å². The molecule has 0 aliphatic carbocycles. The van der Waals surface area contributed by atoms with Crippen LogP contribution in [0.2, 0.25) is 0 Å². The van der Waals surface area contributed by atoms with Crippen molar-refractivity contribution >= 4 is 34.1 Å². The summed E-state index contributed by atoms with van der Waals surface area (Å²) in [5, 5.41) is 7.59. The predicted octanol–water partition coefficient (Wildman–Crippen LogP) is 2.45. The van der Waals surface area contributed by atoms with Gasteiger partial charge in [0.2, 0.25) is 5.91 Å². The van der Waals surface area contributed by atoms with Gasteiger partial charge in [0.1, 0.15) is 0 Å². The fourth-order valence-corrected chi connectivity index (χ4v) is 2.96. The Kier molecular flexibility index (Phi) is 8.69. The number of methoxy groups -OCH3 is 2. The summed E-state index contributed by atoms with van der Waals surface area (Å²) >= 11 is 1.27. The van der Waals surface area contributed by atoms with Gasteiger partial charge in [-0.3, -0.25) is 10.1 Å². The Morgan fingerprint density at radius 3 is 2.37 bits per heavy atom. The van der Waals surface area contributed by atoms with Crippen LogP contribution in [-0.4, -0.2) is 62.3 Å². The molecule has 1 aromatic heterocycles. The van der Waals surface area contributed by atoms with Gasteiger partial charge in [-0.2, -0.15) is 0 Å². The van der Waals surface area contributed by atoms with Gasteiger partial charge in [0.15, 0.2) is 5.13 Å². The van der Waals surface area contributed by atoms with Crippen LogP contribution in [0.15, 0.2) is 35.7 Å². The second-order valence-electron chi connectivity index (χ2n) is 5.63. The van der Waals surface area contributed by atoms with E-state index in [1.807, 2.05) is 18.2 Å². The first kappa shape index (κ1) is 20.8. The predicted molar refractivity (Wildman–Crippen MR) is 105 cm³/mol. The van der Waals surface area contributed by atoms with Crippen molar-refractivity contribution in [2.24, 2.45) is 0 Å². The number of carbonyl (C=O) groups is 2. The summed E-state index contributed by atoms with van der Waals surface area (Å²) in [5.74, 6) is -0.0605. The van der Waals surface area contributed by atoms with Crippen molar-refractivity contribution < 1.29 is 19.1 Å². The summed E-state index contributed by atoms with van der Waals surface area (Å²) in [4.78, 5) is 30.5. The van der Waals surface area contributed by atoms with Gasteiger partial charge in [0.25, 0.3) is 0 Å². The molecule has 0 radical (unpaired) electrons. The minimum Gasteiger partial charge on any atom is -0.383 e. The van der Waals surface area contributed by atoms with E-state index in [0.717, 1.165) is 0 Å². The van der Waals surface area contributed by atoms with Gasteiger partial charge in [-0.05, 0) is 12.1 Å². The van der Waals surface area contributed by atoms with Crippen LogP contribution in [0.5, 0.6) is 0 Å². The number of ether oxygens (including phenoxy) is 2. The van der Waals surface area contributed by atoms with Crippen molar-refractivity contribution in [1.29, 1.82) is 0 Å². The van der Waals surface area contributed by atoms with Crippen molar-refractivity contribution in [1.82, 2.24) is 9.88 Å². The monoisotopic (exact) mass is 392 g/mol. The highest BCUT2D eigenvalue weighted by Gasteiger charge is 2.16. The Bertz CT molecular complexity index is 715. The summed E-state index contributed by atoms with van der Waals surface area (Å²) in [6.07, 6.45) is 0.159. The smallest absolute Gasteiger partial charge is 0.325 e. The molecule has 0 saturated heterocycles. The van der Waals surface area contributed by atoms with Gasteiger partial charge in [-0.1, -0.05) is 18.2 Å². The number of rotatable bonds is 10. The fourth-order valence-electron chi connectivity index (χ4n) is 2.26. The maximum absolute atomic E-state index is 12.5. The zero-order valence-electron chi connectivity index (χ0n) is 15.4. The first-order valence-electron chi connectivity index (χ1n) is 8.45. The third-order valence-corrected chi connectivity index (χ3v) is 4.43. The zero-order chi connectivity index (χ0) is 19.5. The highest BCUT2D eigenvalue weighted by molar-refractivity contribution is 7.14. The number of nitrogens with zero attached hydrogens (tertiary/aromatic N) is 2. The summed E-state index contributed by atoms with van der Waals surface area (Å²) in [6.45, 7) is 1.90. The van der Waals surface area contributed by atoms with Gasteiger partial charge >= 0.3 is 6.03 Å². The molecular weight excluding hydrogens is 368 g/mol. The number of hydrogen-bond acceptors (Lipinski definition) is 6. The van der Waals surface area contributed by atoms with Crippen LogP contribution in [-0.2, 0) is 20.7 Å². The molecule has 0 fully saturated rings. The number of thiazole rings is 1. The molecule has 1 heterocycles. The molecule has 3 amide bonds. The largest absolute Gasteiger partial charge is 0.383 e. The molecule has 0 saturated carbocycles. The number of amides is 3. The second kappa shape index (κ2) is 11.3. The third kappa shape index (κ3) is 7.33. The number of hydrogen-bond donors (Lipinski definition) is 2. The Hall–Kier alpha value is -2.49. The number of nitrogens with one attached hydrogen (secondary N) is 2. The number of para-hydroxylation sites is 1. The van der Waals surface area contributed by atoms with Crippen molar-refractivity contribution in [3.05, 3.63) is 41.4 Å². The highest BCUT2D eigenvalue weighted by Crippen LogP contribution is 2.17. The van der Waals surface area contributed by atoms with Gasteiger partial charge in [0, 0.05) is 38.4 Å². The molecular formula is C18H24N4O4S. The fraction of sp³-hybridized carbons (Fsp3) is 0.389. The van der Waals surface area contributed by atoms with E-state index in [1.165, 1.54) is 11.3 Å². The molecule has 0 atom stereocenters. The summed E-state index contributed by atoms with van der Waals surface area (Å²) in [5.41, 5.74) is 1.30. The Morgan fingerprint density at radius 2 is 1.74 bits per heavy atom. The average molecular weight is 392 g/mol. The Balaban J connectivity index is 1.87. The molecule has 8 nitrogen and oxygen atoms in total. The maximum atomic E-state index is 12.5. The first-order chi connectivity index (χ1) is 13.1. The van der Waals surface area contributed by atoms with E-state index in [2.05, 4.69) is 15.6 Å². The molecule has 0 aliphatic rings. The van der Waals surface area contributed by atoms with Crippen molar-refractivity contribution in [2.75, 3.05) is 51.2 Å². The average Bonchev–Trinajstić information content (AvgIpc) is 3.09. The Morgan fingerprint density at radius 1 is 1.07 bits per heavy atom. The topological polar surface area (TPSA) is 92.8 Å². The molecule has 0 unspecified atom stereocenters. The molecule has 9 heteroatoms. The van der Waals surface area contributed by atoms with Crippen LogP contribution in [0.25, 0.3) is 0 Å². The lowest BCUT2D eigenvalue weighted by Gasteiger charge is -2.21. The summed E-state index contributed by atoms with van der Waals surface area (Å²) < 4.78 is 10.1. The molecule has 1 aromatic carbocycles. The van der Waals surface area contributed by atoms with Gasteiger partial charge in [-0.25, -0.2) is 9.78 Å². The minimum atomic E-state index is -0.379. The van der Waals surface area contributed by atoms with Gasteiger partial charge in [-0.15, -0.1) is 11.3 Å². The number of benzene rings is 1. The van der Waals surface area contributed by atoms with E-state index in [9.17, 15) is 9.59 Å². The van der Waals surface area contributed by atoms with E-state index in [-0.39, 0.29) is 18.4 Å². The lowest BCUT2D eigenvalue weighted by Crippen LogP contribution is -2.37. The normalized spacial score (nSPS) is 10.4. The molecule has 27 heavy (non-hydrogen) atoms. The van der Waals surface area contributed by atoms with Gasteiger partial charge in [0.05, 0.1) is 25.3 Å². The van der Waals surface area contributed by atoms with E-state index < -0.39 is 0 Å². The van der Waals surface area contributed by atoms with Crippen LogP contribution < -0.4 is 10.6 Å². The molecule has 2 N–H and O–H groups in total. The molecule has 0 spiro atoms. The van der Waals surface area contributed by atoms with Crippen LogP contribution in [0.1, 0.15) is 5.69 Å². The maximum Gasteiger partial charge on any atom is 0.325 e. The van der Waals surface area contributed by atoms with E-state index >= 15 is 0 Å². The molecule has 0 bridgehead atoms. The van der Waals surface area contributed by atoms with Crippen LogP contribution >= 0.6 is 11.3 Å². The SMILES string of the molecule is COCCN(CCOC)C(=O)Cc1csc(NC(=O)Nc2ccccc2)n1. The van der Waals surface area contributed by atoms with Crippen LogP contribution in [0.3, 0.4) is 0 Å². The highest BCUT2D eigenvalue weighted by atomic mass is 32.1. The lowest BCUT2D eigenvalue weighted by atomic mass is 10.3. The Labute approximate surface area is 162 Å². The van der Waals surface area contributed by atoms with Crippen molar-refractivity contribution in [2.45, 2.75) is 6.42 Å². The summed E-state index contributed by atoms with van der Waals surface area (Å²) in [7, 11) is 3.19. The van der Waals surface area contributed by atoms with E-state index in [1.54, 1.807) is 36.6 Å². The van der Waals surface area contributed by atoms with E-state index in [4.69, 9.17) is 9.47 Å². The summed E-state index contributed by atoms with van der Waals surface area (Å²) in [6, 6.07) is 8.74. The lowest BCUT2D eigenvalue weighted by molar-refractivity contribution is -0.131. The second-order valence-corrected chi connectivity index (χ2v) is 6.49.